The van der Waals surface area contributed by atoms with Crippen LogP contribution in [0.25, 0.3) is 0 Å². The van der Waals surface area contributed by atoms with Crippen LogP contribution in [-0.2, 0) is 5.33 Å². The van der Waals surface area contributed by atoms with Gasteiger partial charge < -0.3 is 0 Å². The lowest BCUT2D eigenvalue weighted by molar-refractivity contribution is 1.22. The molecule has 0 aromatic carbocycles. The summed E-state index contributed by atoms with van der Waals surface area (Å²) in [6.07, 6.45) is 1.64. The standard InChI is InChI=1S/C6H6BrN2/c7-4-5-1-2-9-6(8)3-5/h1-3,8H,4H2. The van der Waals surface area contributed by atoms with Crippen molar-refractivity contribution in [1.82, 2.24) is 10.7 Å². The Labute approximate surface area is 62.2 Å². The zero-order chi connectivity index (χ0) is 6.69. The molecule has 0 aliphatic heterocycles. The first-order chi connectivity index (χ1) is 4.33. The molecule has 1 aromatic rings. The molecule has 0 aliphatic rings. The Hall–Kier alpha value is -0.570. The molecule has 1 N–H and O–H groups in total. The molecule has 1 heterocycles. The van der Waals surface area contributed by atoms with Crippen LogP contribution in [0.15, 0.2) is 18.3 Å². The monoisotopic (exact) mass is 185 g/mol. The fourth-order valence-corrected chi connectivity index (χ4v) is 0.906. The molecular formula is C6H6BrN2. The van der Waals surface area contributed by atoms with Gasteiger partial charge in [0.1, 0.15) is 5.82 Å². The Kier molecular flexibility index (Phi) is 2.05. The first-order valence-corrected chi connectivity index (χ1v) is 3.67. The van der Waals surface area contributed by atoms with Gasteiger partial charge >= 0.3 is 0 Å². The molecule has 0 unspecified atom stereocenters. The maximum atomic E-state index is 7.11. The molecule has 1 radical (unpaired) electrons. The Morgan fingerprint density at radius 2 is 2.44 bits per heavy atom. The summed E-state index contributed by atoms with van der Waals surface area (Å²) in [6, 6.07) is 3.61. The summed E-state index contributed by atoms with van der Waals surface area (Å²) >= 11 is 3.28. The number of nitrogens with zero attached hydrogens (tertiary/aromatic N) is 1. The van der Waals surface area contributed by atoms with Gasteiger partial charge in [0.05, 0.1) is 0 Å². The molecule has 3 heteroatoms. The second-order valence-electron chi connectivity index (χ2n) is 1.68. The van der Waals surface area contributed by atoms with Crippen molar-refractivity contribution >= 4 is 21.7 Å². The van der Waals surface area contributed by atoms with Gasteiger partial charge in [-0.2, -0.15) is 0 Å². The molecule has 0 aliphatic carbocycles. The minimum Gasteiger partial charge on any atom is -0.283 e. The maximum absolute atomic E-state index is 7.11. The van der Waals surface area contributed by atoms with Crippen molar-refractivity contribution in [2.75, 3.05) is 0 Å². The summed E-state index contributed by atoms with van der Waals surface area (Å²) in [6.45, 7) is 0. The van der Waals surface area contributed by atoms with Crippen LogP contribution >= 0.6 is 15.9 Å². The number of nitrogens with one attached hydrogen (secondary N) is 1. The lowest BCUT2D eigenvalue weighted by Crippen LogP contribution is -1.80. The third-order valence-corrected chi connectivity index (χ3v) is 1.63. The lowest BCUT2D eigenvalue weighted by atomic mass is 10.3. The molecule has 0 saturated heterocycles. The van der Waals surface area contributed by atoms with Crippen LogP contribution in [-0.4, -0.2) is 4.98 Å². The molecule has 0 fully saturated rings. The molecule has 0 bridgehead atoms. The van der Waals surface area contributed by atoms with Gasteiger partial charge in [-0.15, -0.1) is 0 Å². The Morgan fingerprint density at radius 1 is 1.67 bits per heavy atom. The van der Waals surface area contributed by atoms with Gasteiger partial charge in [0.25, 0.3) is 0 Å². The van der Waals surface area contributed by atoms with E-state index in [9.17, 15) is 0 Å². The molecule has 0 spiro atoms. The van der Waals surface area contributed by atoms with Crippen LogP contribution in [0.5, 0.6) is 0 Å². The van der Waals surface area contributed by atoms with E-state index >= 15 is 0 Å². The highest BCUT2D eigenvalue weighted by Crippen LogP contribution is 2.07. The Morgan fingerprint density at radius 3 is 2.89 bits per heavy atom. The summed E-state index contributed by atoms with van der Waals surface area (Å²) in [5.74, 6) is 0.326. The maximum Gasteiger partial charge on any atom is 0.144 e. The van der Waals surface area contributed by atoms with E-state index in [0.717, 1.165) is 10.9 Å². The smallest absolute Gasteiger partial charge is 0.144 e. The molecule has 9 heavy (non-hydrogen) atoms. The van der Waals surface area contributed by atoms with Gasteiger partial charge in [-0.3, -0.25) is 5.73 Å². The zero-order valence-electron chi connectivity index (χ0n) is 4.76. The third-order valence-electron chi connectivity index (χ3n) is 0.979. The van der Waals surface area contributed by atoms with E-state index in [1.165, 1.54) is 0 Å². The lowest BCUT2D eigenvalue weighted by Gasteiger charge is -1.92. The van der Waals surface area contributed by atoms with Crippen LogP contribution in [0.4, 0.5) is 5.82 Å². The number of hydrogen-bond donors (Lipinski definition) is 0. The van der Waals surface area contributed by atoms with Crippen molar-refractivity contribution in [3.63, 3.8) is 0 Å². The van der Waals surface area contributed by atoms with E-state index in [0.29, 0.717) is 5.82 Å². The van der Waals surface area contributed by atoms with Gasteiger partial charge in [-0.25, -0.2) is 4.98 Å². The van der Waals surface area contributed by atoms with Crippen molar-refractivity contribution in [3.8, 4) is 0 Å². The van der Waals surface area contributed by atoms with E-state index in [-0.39, 0.29) is 0 Å². The number of aromatic nitrogens is 1. The summed E-state index contributed by atoms with van der Waals surface area (Å²) in [7, 11) is 0. The largest absolute Gasteiger partial charge is 0.283 e. The van der Waals surface area contributed by atoms with Gasteiger partial charge in [0.2, 0.25) is 0 Å². The highest BCUT2D eigenvalue weighted by atomic mass is 79.9. The SMILES string of the molecule is [NH]c1cc(CBr)ccn1. The highest BCUT2D eigenvalue weighted by Gasteiger charge is 1.89. The normalized spacial score (nSPS) is 9.44. The second-order valence-corrected chi connectivity index (χ2v) is 2.24. The minimum absolute atomic E-state index is 0.326. The van der Waals surface area contributed by atoms with E-state index in [1.807, 2.05) is 6.07 Å². The average Bonchev–Trinajstić information content (AvgIpc) is 1.88. The van der Waals surface area contributed by atoms with Crippen molar-refractivity contribution < 1.29 is 0 Å². The number of pyridine rings is 1. The number of hydrogen-bond acceptors (Lipinski definition) is 1. The molecule has 2 nitrogen and oxygen atoms in total. The number of rotatable bonds is 1. The van der Waals surface area contributed by atoms with Crippen molar-refractivity contribution in [2.45, 2.75) is 5.33 Å². The number of halogens is 1. The second kappa shape index (κ2) is 2.82. The predicted octanol–water partition coefficient (Wildman–Crippen LogP) is 1.89. The van der Waals surface area contributed by atoms with E-state index < -0.39 is 0 Å². The topological polar surface area (TPSA) is 36.7 Å². The van der Waals surface area contributed by atoms with Gasteiger partial charge in [-0.05, 0) is 17.7 Å². The minimum atomic E-state index is 0.326. The van der Waals surface area contributed by atoms with Crippen LogP contribution in [0.2, 0.25) is 0 Å². The quantitative estimate of drug-likeness (QED) is 0.617. The van der Waals surface area contributed by atoms with Crippen molar-refractivity contribution in [3.05, 3.63) is 23.9 Å². The molecule has 0 atom stereocenters. The van der Waals surface area contributed by atoms with Crippen LogP contribution < -0.4 is 5.73 Å². The van der Waals surface area contributed by atoms with Gasteiger partial charge in [0, 0.05) is 11.5 Å². The van der Waals surface area contributed by atoms with Crippen molar-refractivity contribution in [2.24, 2.45) is 0 Å². The molecule has 47 valence electrons. The van der Waals surface area contributed by atoms with Gasteiger partial charge in [0.15, 0.2) is 0 Å². The Bertz CT molecular complexity index is 200. The van der Waals surface area contributed by atoms with Crippen LogP contribution in [0, 0.1) is 0 Å². The fourth-order valence-electron chi connectivity index (χ4n) is 0.557. The first-order valence-electron chi connectivity index (χ1n) is 2.55. The first kappa shape index (κ1) is 6.55. The molecule has 1 aromatic heterocycles. The van der Waals surface area contributed by atoms with E-state index in [4.69, 9.17) is 5.73 Å². The summed E-state index contributed by atoms with van der Waals surface area (Å²) < 4.78 is 0. The summed E-state index contributed by atoms with van der Waals surface area (Å²) in [5, 5.41) is 0.793. The highest BCUT2D eigenvalue weighted by molar-refractivity contribution is 9.08. The molecular weight excluding hydrogens is 180 g/mol. The number of alkyl halides is 1. The Balaban J connectivity index is 2.94. The van der Waals surface area contributed by atoms with Crippen molar-refractivity contribution in [1.29, 1.82) is 0 Å². The van der Waals surface area contributed by atoms with Crippen LogP contribution in [0.3, 0.4) is 0 Å². The molecule has 0 saturated carbocycles. The summed E-state index contributed by atoms with van der Waals surface area (Å²) in [4.78, 5) is 3.73. The third kappa shape index (κ3) is 1.68. The van der Waals surface area contributed by atoms with Crippen LogP contribution in [0.1, 0.15) is 5.56 Å². The molecule has 1 rings (SSSR count). The predicted molar refractivity (Wildman–Crippen MR) is 39.6 cm³/mol. The van der Waals surface area contributed by atoms with E-state index in [2.05, 4.69) is 20.9 Å². The zero-order valence-corrected chi connectivity index (χ0v) is 6.35. The average molecular weight is 186 g/mol. The fraction of sp³-hybridized carbons (Fsp3) is 0.167. The molecule has 0 amide bonds. The van der Waals surface area contributed by atoms with Gasteiger partial charge in [-0.1, -0.05) is 15.9 Å². The van der Waals surface area contributed by atoms with E-state index in [1.54, 1.807) is 12.3 Å². The summed E-state index contributed by atoms with van der Waals surface area (Å²) in [5.41, 5.74) is 8.20.